The van der Waals surface area contributed by atoms with Gasteiger partial charge in [-0.2, -0.15) is 0 Å². The van der Waals surface area contributed by atoms with Gasteiger partial charge in [-0.05, 0) is 68.8 Å². The fourth-order valence-electron chi connectivity index (χ4n) is 5.71. The summed E-state index contributed by atoms with van der Waals surface area (Å²) in [6.45, 7) is 4.67. The lowest BCUT2D eigenvalue weighted by molar-refractivity contribution is 0.657. The molecule has 34 heavy (non-hydrogen) atoms. The van der Waals surface area contributed by atoms with E-state index in [-0.39, 0.29) is 5.41 Å². The van der Waals surface area contributed by atoms with E-state index in [0.29, 0.717) is 0 Å². The van der Waals surface area contributed by atoms with Crippen LogP contribution >= 0.6 is 0 Å². The number of hydrogen-bond donors (Lipinski definition) is 0. The van der Waals surface area contributed by atoms with Crippen LogP contribution in [0.3, 0.4) is 0 Å². The molecule has 2 heteroatoms. The summed E-state index contributed by atoms with van der Waals surface area (Å²) < 4.78 is 6.21. The van der Waals surface area contributed by atoms with Crippen LogP contribution in [0.25, 0.3) is 55.3 Å². The van der Waals surface area contributed by atoms with Gasteiger partial charge < -0.3 is 4.42 Å². The molecule has 7 rings (SSSR count). The third kappa shape index (κ3) is 2.66. The standard InChI is InChI=1S/C32H23NO/c1-32(2)27-15-13-22(20-9-11-21(12-10-20)23-6-5-17-33-19-23)18-26(27)24-14-16-29-30(31(24)32)25-7-3-4-8-28(25)34-29/h3-19H,1-2H3. The molecule has 0 unspecified atom stereocenters. The third-order valence-corrected chi connectivity index (χ3v) is 7.36. The zero-order chi connectivity index (χ0) is 22.9. The Kier molecular flexibility index (Phi) is 3.93. The van der Waals surface area contributed by atoms with E-state index in [2.05, 4.69) is 97.7 Å². The fourth-order valence-corrected chi connectivity index (χ4v) is 5.71. The number of para-hydroxylation sites is 1. The molecule has 0 aliphatic heterocycles. The number of nitrogens with zero attached hydrogens (tertiary/aromatic N) is 1. The highest BCUT2D eigenvalue weighted by Crippen LogP contribution is 2.53. The normalized spacial score (nSPS) is 13.8. The monoisotopic (exact) mass is 437 g/mol. The van der Waals surface area contributed by atoms with Gasteiger partial charge in [0.05, 0.1) is 0 Å². The average Bonchev–Trinajstić information content (AvgIpc) is 3.37. The van der Waals surface area contributed by atoms with Crippen molar-refractivity contribution in [1.29, 1.82) is 0 Å². The molecule has 0 radical (unpaired) electrons. The van der Waals surface area contributed by atoms with E-state index in [4.69, 9.17) is 4.42 Å². The summed E-state index contributed by atoms with van der Waals surface area (Å²) in [5.74, 6) is 0. The summed E-state index contributed by atoms with van der Waals surface area (Å²) in [6, 6.07) is 32.5. The van der Waals surface area contributed by atoms with Gasteiger partial charge in [0.1, 0.15) is 11.2 Å². The van der Waals surface area contributed by atoms with E-state index in [1.54, 1.807) is 0 Å². The lowest BCUT2D eigenvalue weighted by Crippen LogP contribution is -2.15. The van der Waals surface area contributed by atoms with Crippen molar-refractivity contribution in [2.24, 2.45) is 0 Å². The van der Waals surface area contributed by atoms with Crippen molar-refractivity contribution in [2.45, 2.75) is 19.3 Å². The molecule has 0 N–H and O–H groups in total. The summed E-state index contributed by atoms with van der Waals surface area (Å²) in [5.41, 5.74) is 12.0. The van der Waals surface area contributed by atoms with Crippen LogP contribution in [0, 0.1) is 0 Å². The third-order valence-electron chi connectivity index (χ3n) is 7.36. The first-order chi connectivity index (χ1) is 16.6. The Hall–Kier alpha value is -4.17. The largest absolute Gasteiger partial charge is 0.456 e. The number of pyridine rings is 1. The van der Waals surface area contributed by atoms with Crippen molar-refractivity contribution < 1.29 is 4.42 Å². The van der Waals surface area contributed by atoms with Crippen LogP contribution in [0.2, 0.25) is 0 Å². The van der Waals surface area contributed by atoms with Gasteiger partial charge in [0, 0.05) is 28.6 Å². The number of fused-ring (bicyclic) bond motifs is 7. The molecule has 0 atom stereocenters. The number of benzene rings is 4. The Morgan fingerprint density at radius 3 is 2.21 bits per heavy atom. The van der Waals surface area contributed by atoms with E-state index < -0.39 is 0 Å². The smallest absolute Gasteiger partial charge is 0.135 e. The van der Waals surface area contributed by atoms with Gasteiger partial charge in [0.25, 0.3) is 0 Å². The molecule has 0 spiro atoms. The average molecular weight is 438 g/mol. The molecule has 6 aromatic rings. The summed E-state index contributed by atoms with van der Waals surface area (Å²) in [5, 5.41) is 2.44. The first-order valence-corrected chi connectivity index (χ1v) is 11.7. The maximum absolute atomic E-state index is 6.21. The zero-order valence-electron chi connectivity index (χ0n) is 19.2. The van der Waals surface area contributed by atoms with Crippen LogP contribution in [0.4, 0.5) is 0 Å². The Labute approximate surface area is 198 Å². The van der Waals surface area contributed by atoms with Gasteiger partial charge in [-0.15, -0.1) is 0 Å². The first-order valence-electron chi connectivity index (χ1n) is 11.7. The molecular formula is C32H23NO. The minimum absolute atomic E-state index is 0.0977. The van der Waals surface area contributed by atoms with Gasteiger partial charge in [-0.25, -0.2) is 0 Å². The van der Waals surface area contributed by atoms with Gasteiger partial charge in [0.2, 0.25) is 0 Å². The molecule has 0 saturated heterocycles. The van der Waals surface area contributed by atoms with E-state index in [1.165, 1.54) is 49.7 Å². The Balaban J connectivity index is 1.39. The van der Waals surface area contributed by atoms with Crippen LogP contribution in [-0.2, 0) is 5.41 Å². The minimum Gasteiger partial charge on any atom is -0.456 e. The number of rotatable bonds is 2. The fraction of sp³-hybridized carbons (Fsp3) is 0.0938. The van der Waals surface area contributed by atoms with Crippen LogP contribution in [0.15, 0.2) is 108 Å². The molecule has 0 fully saturated rings. The quantitative estimate of drug-likeness (QED) is 0.271. The van der Waals surface area contributed by atoms with Gasteiger partial charge >= 0.3 is 0 Å². The van der Waals surface area contributed by atoms with Crippen LogP contribution in [0.5, 0.6) is 0 Å². The van der Waals surface area contributed by atoms with Crippen molar-refractivity contribution in [3.05, 3.63) is 115 Å². The number of aromatic nitrogens is 1. The van der Waals surface area contributed by atoms with Crippen molar-refractivity contribution in [3.63, 3.8) is 0 Å². The van der Waals surface area contributed by atoms with Crippen LogP contribution < -0.4 is 0 Å². The van der Waals surface area contributed by atoms with E-state index in [9.17, 15) is 0 Å². The maximum atomic E-state index is 6.21. The predicted octanol–water partition coefficient (Wildman–Crippen LogP) is 8.62. The van der Waals surface area contributed by atoms with Crippen molar-refractivity contribution in [1.82, 2.24) is 4.98 Å². The Bertz CT molecular complexity index is 1710. The van der Waals surface area contributed by atoms with Crippen molar-refractivity contribution in [3.8, 4) is 33.4 Å². The second-order valence-corrected chi connectivity index (χ2v) is 9.66. The molecule has 4 aromatic carbocycles. The molecule has 2 aromatic heterocycles. The van der Waals surface area contributed by atoms with Crippen LogP contribution in [0.1, 0.15) is 25.0 Å². The van der Waals surface area contributed by atoms with E-state index in [0.717, 1.165) is 16.7 Å². The molecule has 1 aliphatic carbocycles. The molecule has 0 amide bonds. The topological polar surface area (TPSA) is 26.0 Å². The van der Waals surface area contributed by atoms with Gasteiger partial charge in [-0.3, -0.25) is 4.98 Å². The molecule has 0 bridgehead atoms. The van der Waals surface area contributed by atoms with Crippen molar-refractivity contribution in [2.75, 3.05) is 0 Å². The number of hydrogen-bond acceptors (Lipinski definition) is 2. The van der Waals surface area contributed by atoms with Crippen molar-refractivity contribution >= 4 is 21.9 Å². The summed E-state index contributed by atoms with van der Waals surface area (Å²) in [7, 11) is 0. The van der Waals surface area contributed by atoms with Gasteiger partial charge in [0.15, 0.2) is 0 Å². The Morgan fingerprint density at radius 2 is 1.41 bits per heavy atom. The highest BCUT2D eigenvalue weighted by Gasteiger charge is 2.38. The summed E-state index contributed by atoms with van der Waals surface area (Å²) in [4.78, 5) is 4.25. The maximum Gasteiger partial charge on any atom is 0.135 e. The summed E-state index contributed by atoms with van der Waals surface area (Å²) in [6.07, 6.45) is 3.71. The second kappa shape index (κ2) is 6.91. The molecule has 2 nitrogen and oxygen atoms in total. The SMILES string of the molecule is CC1(C)c2ccc(-c3ccc(-c4cccnc4)cc3)cc2-c2ccc3oc4ccccc4c3c21. The lowest BCUT2D eigenvalue weighted by Gasteiger charge is -2.22. The second-order valence-electron chi connectivity index (χ2n) is 9.66. The summed E-state index contributed by atoms with van der Waals surface area (Å²) >= 11 is 0. The molecule has 1 aliphatic rings. The molecule has 2 heterocycles. The van der Waals surface area contributed by atoms with E-state index in [1.807, 2.05) is 24.5 Å². The first kappa shape index (κ1) is 19.3. The van der Waals surface area contributed by atoms with Crippen LogP contribution in [-0.4, -0.2) is 4.98 Å². The lowest BCUT2D eigenvalue weighted by atomic mass is 9.80. The molecule has 162 valence electrons. The molecular weight excluding hydrogens is 414 g/mol. The Morgan fingerprint density at radius 1 is 0.647 bits per heavy atom. The minimum atomic E-state index is -0.0977. The van der Waals surface area contributed by atoms with Gasteiger partial charge in [-0.1, -0.05) is 80.6 Å². The number of furan rings is 1. The molecule has 0 saturated carbocycles. The predicted molar refractivity (Wildman–Crippen MR) is 140 cm³/mol. The zero-order valence-corrected chi connectivity index (χ0v) is 19.2. The van der Waals surface area contributed by atoms with E-state index >= 15 is 0 Å². The highest BCUT2D eigenvalue weighted by atomic mass is 16.3. The highest BCUT2D eigenvalue weighted by molar-refractivity contribution is 6.11.